The molecular weight excluding hydrogens is 300 g/mol. The summed E-state index contributed by atoms with van der Waals surface area (Å²) in [4.78, 5) is 10.9. The first-order valence-electron chi connectivity index (χ1n) is 5.85. The van der Waals surface area contributed by atoms with E-state index in [4.69, 9.17) is 16.3 Å². The van der Waals surface area contributed by atoms with Crippen molar-refractivity contribution in [3.63, 3.8) is 0 Å². The second kappa shape index (κ2) is 5.54. The topological polar surface area (TPSA) is 35.0 Å². The highest BCUT2D eigenvalue weighted by atomic mass is 35.5. The lowest BCUT2D eigenvalue weighted by Gasteiger charge is -2.03. The Kier molecular flexibility index (Phi) is 3.79. The lowest BCUT2D eigenvalue weighted by molar-refractivity contribution is 0.128. The van der Waals surface area contributed by atoms with Crippen molar-refractivity contribution >= 4 is 44.5 Å². The Morgan fingerprint density at radius 1 is 1.32 bits per heavy atom. The molecule has 0 fully saturated rings. The minimum atomic E-state index is 0.401. The van der Waals surface area contributed by atoms with Crippen LogP contribution in [-0.2, 0) is 11.3 Å². The Bertz CT molecular complexity index is 694. The van der Waals surface area contributed by atoms with Gasteiger partial charge in [0, 0.05) is 22.4 Å². The Labute approximate surface area is 123 Å². The molecule has 0 amide bonds. The Balaban J connectivity index is 2.09. The molecule has 0 aliphatic carbocycles. The number of aromatic nitrogens is 2. The number of nitrogens with zero attached hydrogens (tertiary/aromatic N) is 2. The van der Waals surface area contributed by atoms with Crippen LogP contribution >= 0.6 is 34.3 Å². The second-order valence-corrected chi connectivity index (χ2v) is 6.04. The number of rotatable bonds is 4. The van der Waals surface area contributed by atoms with Crippen molar-refractivity contribution in [2.45, 2.75) is 13.5 Å². The largest absolute Gasteiger partial charge is 0.374 e. The van der Waals surface area contributed by atoms with Gasteiger partial charge in [0.25, 0.3) is 0 Å². The van der Waals surface area contributed by atoms with Gasteiger partial charge in [0.1, 0.15) is 16.6 Å². The Morgan fingerprint density at radius 3 is 2.95 bits per heavy atom. The van der Waals surface area contributed by atoms with Crippen molar-refractivity contribution in [2.75, 3.05) is 6.61 Å². The van der Waals surface area contributed by atoms with E-state index >= 15 is 0 Å². The lowest BCUT2D eigenvalue weighted by atomic mass is 10.2. The maximum absolute atomic E-state index is 6.31. The van der Waals surface area contributed by atoms with Crippen LogP contribution in [0, 0.1) is 0 Å². The van der Waals surface area contributed by atoms with Gasteiger partial charge in [-0.1, -0.05) is 17.7 Å². The summed E-state index contributed by atoms with van der Waals surface area (Å²) in [5, 5.41) is 5.58. The van der Waals surface area contributed by atoms with Crippen molar-refractivity contribution < 1.29 is 4.74 Å². The minimum absolute atomic E-state index is 0.401. The molecule has 0 bridgehead atoms. The van der Waals surface area contributed by atoms with Crippen LogP contribution in [0.3, 0.4) is 0 Å². The summed E-state index contributed by atoms with van der Waals surface area (Å²) < 4.78 is 5.33. The smallest absolute Gasteiger partial charge is 0.157 e. The first-order chi connectivity index (χ1) is 9.29. The average Bonchev–Trinajstić information content (AvgIpc) is 3.04. The lowest BCUT2D eigenvalue weighted by Crippen LogP contribution is -1.99. The first-order valence-corrected chi connectivity index (χ1v) is 7.98. The van der Waals surface area contributed by atoms with Gasteiger partial charge >= 0.3 is 0 Å². The summed E-state index contributed by atoms with van der Waals surface area (Å²) >= 11 is 9.59. The minimum Gasteiger partial charge on any atom is -0.374 e. The molecule has 0 aliphatic rings. The van der Waals surface area contributed by atoms with Gasteiger partial charge in [-0.2, -0.15) is 0 Å². The molecule has 0 radical (unpaired) electrons. The molecule has 0 saturated heterocycles. The maximum atomic E-state index is 6.31. The highest BCUT2D eigenvalue weighted by molar-refractivity contribution is 7.18. The number of hydrogen-bond acceptors (Lipinski definition) is 5. The predicted octanol–water partition coefficient (Wildman–Crippen LogP) is 4.61. The zero-order valence-corrected chi connectivity index (χ0v) is 12.6. The molecule has 98 valence electrons. The number of hydrogen-bond donors (Lipinski definition) is 0. The van der Waals surface area contributed by atoms with Crippen LogP contribution in [0.25, 0.3) is 20.7 Å². The highest BCUT2D eigenvalue weighted by Crippen LogP contribution is 2.38. The van der Waals surface area contributed by atoms with Crippen LogP contribution in [-0.4, -0.2) is 16.6 Å². The van der Waals surface area contributed by atoms with Gasteiger partial charge in [0.05, 0.1) is 5.39 Å². The number of ether oxygens (including phenoxy) is 1. The summed E-state index contributed by atoms with van der Waals surface area (Å²) in [6, 6.07) is 4.11. The molecule has 19 heavy (non-hydrogen) atoms. The number of thiophene rings is 2. The van der Waals surface area contributed by atoms with Crippen molar-refractivity contribution in [3.05, 3.63) is 33.9 Å². The van der Waals surface area contributed by atoms with Gasteiger partial charge in [0.2, 0.25) is 0 Å². The predicted molar refractivity (Wildman–Crippen MR) is 81.1 cm³/mol. The Hall–Kier alpha value is -1.01. The third kappa shape index (κ3) is 2.51. The monoisotopic (exact) mass is 310 g/mol. The van der Waals surface area contributed by atoms with Crippen molar-refractivity contribution in [1.29, 1.82) is 0 Å². The molecular formula is C13H11ClN2OS2. The molecule has 0 unspecified atom stereocenters. The Morgan fingerprint density at radius 2 is 2.21 bits per heavy atom. The van der Waals surface area contributed by atoms with Crippen molar-refractivity contribution in [1.82, 2.24) is 9.97 Å². The van der Waals surface area contributed by atoms with Crippen LogP contribution in [0.5, 0.6) is 0 Å². The molecule has 0 aromatic carbocycles. The standard InChI is InChI=1S/C13H11ClN2OS2/c1-2-17-6-10-15-12(14)11-8(7-19-13(11)16-10)9-4-3-5-18-9/h3-5,7H,2,6H2,1H3. The van der Waals surface area contributed by atoms with Crippen molar-refractivity contribution in [2.24, 2.45) is 0 Å². The third-order valence-corrected chi connectivity index (χ3v) is 4.71. The van der Waals surface area contributed by atoms with Gasteiger partial charge in [0.15, 0.2) is 5.82 Å². The van der Waals surface area contributed by atoms with E-state index < -0.39 is 0 Å². The van der Waals surface area contributed by atoms with Gasteiger partial charge in [-0.15, -0.1) is 22.7 Å². The van der Waals surface area contributed by atoms with E-state index in [0.29, 0.717) is 24.2 Å². The zero-order valence-electron chi connectivity index (χ0n) is 10.2. The van der Waals surface area contributed by atoms with Gasteiger partial charge in [-0.25, -0.2) is 9.97 Å². The quantitative estimate of drug-likeness (QED) is 0.660. The highest BCUT2D eigenvalue weighted by Gasteiger charge is 2.14. The van der Waals surface area contributed by atoms with Gasteiger partial charge in [-0.05, 0) is 18.4 Å². The second-order valence-electron chi connectivity index (χ2n) is 3.87. The van der Waals surface area contributed by atoms with E-state index in [1.165, 1.54) is 4.88 Å². The summed E-state index contributed by atoms with van der Waals surface area (Å²) in [5.41, 5.74) is 1.11. The summed E-state index contributed by atoms with van der Waals surface area (Å²) in [6.07, 6.45) is 0. The van der Waals surface area contributed by atoms with Crippen LogP contribution in [0.4, 0.5) is 0 Å². The average molecular weight is 311 g/mol. The fourth-order valence-corrected chi connectivity index (χ4v) is 3.94. The van der Waals surface area contributed by atoms with E-state index in [-0.39, 0.29) is 0 Å². The fraction of sp³-hybridized carbons (Fsp3) is 0.231. The first kappa shape index (κ1) is 13.0. The summed E-state index contributed by atoms with van der Waals surface area (Å²) in [6.45, 7) is 2.99. The normalized spacial score (nSPS) is 11.3. The van der Waals surface area contributed by atoms with Gasteiger partial charge < -0.3 is 4.74 Å². The maximum Gasteiger partial charge on any atom is 0.157 e. The van der Waals surface area contributed by atoms with E-state index in [2.05, 4.69) is 26.8 Å². The SMILES string of the molecule is CCOCc1nc(Cl)c2c(-c3cccs3)csc2n1. The molecule has 0 N–H and O–H groups in total. The molecule has 0 atom stereocenters. The zero-order chi connectivity index (χ0) is 13.2. The van der Waals surface area contributed by atoms with Gasteiger partial charge in [-0.3, -0.25) is 0 Å². The van der Waals surface area contributed by atoms with E-state index in [1.54, 1.807) is 22.7 Å². The van der Waals surface area contributed by atoms with Crippen LogP contribution in [0.1, 0.15) is 12.7 Å². The molecule has 3 nitrogen and oxygen atoms in total. The van der Waals surface area contributed by atoms with E-state index in [9.17, 15) is 0 Å². The molecule has 3 aromatic rings. The number of halogens is 1. The van der Waals surface area contributed by atoms with Crippen LogP contribution in [0.2, 0.25) is 5.15 Å². The van der Waals surface area contributed by atoms with E-state index in [0.717, 1.165) is 15.8 Å². The van der Waals surface area contributed by atoms with Crippen LogP contribution in [0.15, 0.2) is 22.9 Å². The van der Waals surface area contributed by atoms with E-state index in [1.807, 2.05) is 13.0 Å². The van der Waals surface area contributed by atoms with Crippen molar-refractivity contribution in [3.8, 4) is 10.4 Å². The molecule has 0 spiro atoms. The molecule has 0 saturated carbocycles. The molecule has 3 rings (SSSR count). The van der Waals surface area contributed by atoms with Crippen LogP contribution < -0.4 is 0 Å². The molecule has 3 heterocycles. The summed E-state index contributed by atoms with van der Waals surface area (Å²) in [5.74, 6) is 0.638. The number of fused-ring (bicyclic) bond motifs is 1. The third-order valence-electron chi connectivity index (χ3n) is 2.66. The fourth-order valence-electron chi connectivity index (χ4n) is 1.81. The molecule has 3 aromatic heterocycles. The molecule has 6 heteroatoms. The summed E-state index contributed by atoms with van der Waals surface area (Å²) in [7, 11) is 0. The molecule has 0 aliphatic heterocycles.